The van der Waals surface area contributed by atoms with Gasteiger partial charge in [-0.3, -0.25) is 5.41 Å². The summed E-state index contributed by atoms with van der Waals surface area (Å²) >= 11 is 0. The highest BCUT2D eigenvalue weighted by Gasteiger charge is 2.33. The topological polar surface area (TPSA) is 134 Å². The molecule has 0 aromatic rings. The first kappa shape index (κ1) is 14.7. The molecule has 18 heavy (non-hydrogen) atoms. The maximum Gasteiger partial charge on any atom is 0.421 e. The van der Waals surface area contributed by atoms with E-state index in [9.17, 15) is 13.2 Å². The number of nitrogens with one attached hydrogen (secondary N) is 3. The number of nitrogens with two attached hydrogens (primary N) is 1. The molecule has 0 spiro atoms. The van der Waals surface area contributed by atoms with Gasteiger partial charge in [-0.15, -0.1) is 0 Å². The van der Waals surface area contributed by atoms with Gasteiger partial charge in [-0.2, -0.15) is 13.1 Å². The molecular formula is C9H18N4O4S. The number of ether oxygens (including phenoxy) is 1. The van der Waals surface area contributed by atoms with Gasteiger partial charge in [0.2, 0.25) is 0 Å². The van der Waals surface area contributed by atoms with Crippen molar-refractivity contribution in [1.82, 2.24) is 9.44 Å². The minimum Gasteiger partial charge on any atom is -0.449 e. The number of amides is 1. The van der Waals surface area contributed by atoms with Gasteiger partial charge in [-0.25, -0.2) is 9.52 Å². The van der Waals surface area contributed by atoms with E-state index in [2.05, 4.69) is 9.46 Å². The Morgan fingerprint density at radius 3 is 2.72 bits per heavy atom. The fourth-order valence-electron chi connectivity index (χ4n) is 1.97. The predicted molar refractivity (Wildman–Crippen MR) is 65.3 cm³/mol. The Balaban J connectivity index is 2.60. The molecule has 0 aromatic heterocycles. The summed E-state index contributed by atoms with van der Waals surface area (Å²) < 4.78 is 31.7. The van der Waals surface area contributed by atoms with Gasteiger partial charge in [0.25, 0.3) is 0 Å². The van der Waals surface area contributed by atoms with Gasteiger partial charge in [-0.1, -0.05) is 6.42 Å². The van der Waals surface area contributed by atoms with Gasteiger partial charge in [0.1, 0.15) is 0 Å². The number of carbonyl (C=O) groups excluding carboxylic acids is 1. The minimum atomic E-state index is -3.98. The van der Waals surface area contributed by atoms with Crippen LogP contribution in [0.4, 0.5) is 4.79 Å². The van der Waals surface area contributed by atoms with E-state index >= 15 is 0 Å². The standard InChI is InChI=1S/C9H18N4O4S/c1-2-17-9(14)13-18(15,16)12-7-5-3-4-6(7)8(10)11/h6-7,12H,2-5H2,1H3,(H3,10,11)(H,13,14). The molecule has 2 atom stereocenters. The van der Waals surface area contributed by atoms with E-state index < -0.39 is 22.3 Å². The van der Waals surface area contributed by atoms with Gasteiger partial charge >= 0.3 is 16.3 Å². The van der Waals surface area contributed by atoms with Crippen molar-refractivity contribution in [2.45, 2.75) is 32.2 Å². The van der Waals surface area contributed by atoms with Crippen LogP contribution < -0.4 is 15.2 Å². The van der Waals surface area contributed by atoms with Crippen LogP contribution in [-0.2, 0) is 14.9 Å². The quantitative estimate of drug-likeness (QED) is 0.403. The number of hydrogen-bond acceptors (Lipinski definition) is 5. The Hall–Kier alpha value is -1.35. The summed E-state index contributed by atoms with van der Waals surface area (Å²) in [6.07, 6.45) is 1.02. The third-order valence-electron chi connectivity index (χ3n) is 2.72. The van der Waals surface area contributed by atoms with Gasteiger partial charge in [0.15, 0.2) is 0 Å². The molecule has 9 heteroatoms. The van der Waals surface area contributed by atoms with Crippen LogP contribution in [0.1, 0.15) is 26.2 Å². The monoisotopic (exact) mass is 278 g/mol. The molecule has 1 rings (SSSR count). The van der Waals surface area contributed by atoms with Crippen molar-refractivity contribution in [2.75, 3.05) is 6.61 Å². The van der Waals surface area contributed by atoms with Crippen LogP contribution in [0.15, 0.2) is 0 Å². The molecule has 1 amide bonds. The van der Waals surface area contributed by atoms with Crippen LogP contribution in [0.25, 0.3) is 0 Å². The fourth-order valence-corrected chi connectivity index (χ4v) is 2.99. The smallest absolute Gasteiger partial charge is 0.421 e. The van der Waals surface area contributed by atoms with Crippen LogP contribution >= 0.6 is 0 Å². The van der Waals surface area contributed by atoms with Crippen LogP contribution in [0.3, 0.4) is 0 Å². The maximum absolute atomic E-state index is 11.6. The Labute approximate surface area is 106 Å². The zero-order chi connectivity index (χ0) is 13.8. The summed E-state index contributed by atoms with van der Waals surface area (Å²) in [5.74, 6) is -0.361. The largest absolute Gasteiger partial charge is 0.449 e. The number of carbonyl (C=O) groups is 1. The maximum atomic E-state index is 11.6. The van der Waals surface area contributed by atoms with Crippen molar-refractivity contribution >= 4 is 22.1 Å². The molecule has 1 aliphatic rings. The lowest BCUT2D eigenvalue weighted by molar-refractivity contribution is 0.158. The van der Waals surface area contributed by atoms with Gasteiger partial charge in [0, 0.05) is 12.0 Å². The van der Waals surface area contributed by atoms with Gasteiger partial charge in [-0.05, 0) is 19.8 Å². The molecule has 0 heterocycles. The first-order chi connectivity index (χ1) is 8.35. The molecule has 0 saturated heterocycles. The normalized spacial score (nSPS) is 23.6. The summed E-state index contributed by atoms with van der Waals surface area (Å²) in [4.78, 5) is 11.0. The average Bonchev–Trinajstić information content (AvgIpc) is 2.63. The van der Waals surface area contributed by atoms with Crippen LogP contribution in [0.2, 0.25) is 0 Å². The number of rotatable bonds is 5. The van der Waals surface area contributed by atoms with Crippen molar-refractivity contribution in [3.63, 3.8) is 0 Å². The van der Waals surface area contributed by atoms with Crippen LogP contribution in [0, 0.1) is 11.3 Å². The van der Waals surface area contributed by atoms with Gasteiger partial charge in [0.05, 0.1) is 12.4 Å². The zero-order valence-electron chi connectivity index (χ0n) is 10.1. The molecule has 0 aliphatic heterocycles. The molecule has 5 N–H and O–H groups in total. The van der Waals surface area contributed by atoms with Gasteiger partial charge < -0.3 is 10.5 Å². The first-order valence-electron chi connectivity index (χ1n) is 5.66. The Kier molecular flexibility index (Phi) is 4.91. The van der Waals surface area contributed by atoms with E-state index in [0.717, 1.165) is 6.42 Å². The van der Waals surface area contributed by atoms with E-state index in [-0.39, 0.29) is 18.4 Å². The SMILES string of the molecule is CCOC(=O)NS(=O)(=O)NC1CCCC1C(=N)N. The van der Waals surface area contributed by atoms with E-state index in [1.165, 1.54) is 0 Å². The highest BCUT2D eigenvalue weighted by molar-refractivity contribution is 7.88. The molecule has 8 nitrogen and oxygen atoms in total. The third kappa shape index (κ3) is 4.15. The molecular weight excluding hydrogens is 260 g/mol. The van der Waals surface area contributed by atoms with E-state index in [1.54, 1.807) is 11.6 Å². The molecule has 0 bridgehead atoms. The average molecular weight is 278 g/mol. The fraction of sp³-hybridized carbons (Fsp3) is 0.778. The first-order valence-corrected chi connectivity index (χ1v) is 7.14. The minimum absolute atomic E-state index is 0.0451. The van der Waals surface area contributed by atoms with E-state index in [4.69, 9.17) is 11.1 Å². The lowest BCUT2D eigenvalue weighted by Crippen LogP contribution is -2.48. The van der Waals surface area contributed by atoms with Crippen molar-refractivity contribution in [3.05, 3.63) is 0 Å². The van der Waals surface area contributed by atoms with E-state index in [1.807, 2.05) is 0 Å². The number of amidine groups is 1. The second-order valence-corrected chi connectivity index (χ2v) is 5.49. The molecule has 104 valence electrons. The zero-order valence-corrected chi connectivity index (χ0v) is 10.9. The summed E-state index contributed by atoms with van der Waals surface area (Å²) in [6.45, 7) is 1.66. The number of hydrogen-bond donors (Lipinski definition) is 4. The van der Waals surface area contributed by atoms with Crippen LogP contribution in [0.5, 0.6) is 0 Å². The summed E-state index contributed by atoms with van der Waals surface area (Å²) in [5, 5.41) is 7.37. The van der Waals surface area contributed by atoms with Crippen molar-refractivity contribution in [1.29, 1.82) is 5.41 Å². The summed E-state index contributed by atoms with van der Waals surface area (Å²) in [7, 11) is -3.98. The molecule has 0 aromatic carbocycles. The molecule has 2 unspecified atom stereocenters. The second-order valence-electron chi connectivity index (χ2n) is 4.04. The van der Waals surface area contributed by atoms with Crippen molar-refractivity contribution in [2.24, 2.45) is 11.7 Å². The highest BCUT2D eigenvalue weighted by Crippen LogP contribution is 2.25. The highest BCUT2D eigenvalue weighted by atomic mass is 32.2. The molecule has 1 aliphatic carbocycles. The predicted octanol–water partition coefficient (Wildman–Crippen LogP) is -0.328. The summed E-state index contributed by atoms with van der Waals surface area (Å²) in [6, 6.07) is -0.450. The summed E-state index contributed by atoms with van der Waals surface area (Å²) in [5.41, 5.74) is 5.39. The second kappa shape index (κ2) is 6.01. The van der Waals surface area contributed by atoms with Crippen molar-refractivity contribution in [3.8, 4) is 0 Å². The Morgan fingerprint density at radius 1 is 1.50 bits per heavy atom. The molecule has 0 radical (unpaired) electrons. The molecule has 1 fully saturated rings. The van der Waals surface area contributed by atoms with Crippen LogP contribution in [-0.4, -0.2) is 33.0 Å². The Bertz CT molecular complexity index is 422. The van der Waals surface area contributed by atoms with E-state index in [0.29, 0.717) is 12.8 Å². The third-order valence-corrected chi connectivity index (χ3v) is 3.76. The Morgan fingerprint density at radius 2 is 2.17 bits per heavy atom. The lowest BCUT2D eigenvalue weighted by atomic mass is 10.0. The lowest BCUT2D eigenvalue weighted by Gasteiger charge is -2.19. The van der Waals surface area contributed by atoms with Crippen molar-refractivity contribution < 1.29 is 17.9 Å². The molecule has 1 saturated carbocycles.